The van der Waals surface area contributed by atoms with E-state index in [9.17, 15) is 4.79 Å². The maximum Gasteiger partial charge on any atom is 0.241 e. The minimum atomic E-state index is 0.107. The summed E-state index contributed by atoms with van der Waals surface area (Å²) in [7, 11) is 1.80. The van der Waals surface area contributed by atoms with Gasteiger partial charge in [-0.15, -0.1) is 0 Å². The first-order valence-electron chi connectivity index (χ1n) is 4.87. The van der Waals surface area contributed by atoms with Crippen LogP contribution in [0.15, 0.2) is 24.3 Å². The van der Waals surface area contributed by atoms with Crippen LogP contribution in [0, 0.1) is 3.57 Å². The summed E-state index contributed by atoms with van der Waals surface area (Å²) in [6.07, 6.45) is 0. The van der Waals surface area contributed by atoms with Crippen LogP contribution in [0.25, 0.3) is 0 Å². The Morgan fingerprint density at radius 1 is 1.40 bits per heavy atom. The van der Waals surface area contributed by atoms with Gasteiger partial charge in [0, 0.05) is 22.8 Å². The second-order valence-electron chi connectivity index (χ2n) is 3.27. The van der Waals surface area contributed by atoms with Crippen LogP contribution in [0.2, 0.25) is 0 Å². The molecule has 1 rings (SSSR count). The number of halogens is 1. The highest BCUT2D eigenvalue weighted by Crippen LogP contribution is 2.10. The topological polar surface area (TPSA) is 32.3 Å². The third-order valence-corrected chi connectivity index (χ3v) is 2.91. The zero-order chi connectivity index (χ0) is 11.3. The molecule has 0 spiro atoms. The van der Waals surface area contributed by atoms with Gasteiger partial charge in [-0.25, -0.2) is 0 Å². The van der Waals surface area contributed by atoms with Crippen LogP contribution in [-0.2, 0) is 4.79 Å². The molecule has 0 aliphatic carbocycles. The van der Waals surface area contributed by atoms with Crippen LogP contribution < -0.4 is 5.32 Å². The number of nitrogens with zero attached hydrogens (tertiary/aromatic N) is 1. The molecule has 82 valence electrons. The molecule has 1 aromatic carbocycles. The van der Waals surface area contributed by atoms with Gasteiger partial charge in [0.25, 0.3) is 0 Å². The molecule has 3 nitrogen and oxygen atoms in total. The fourth-order valence-corrected chi connectivity index (χ4v) is 1.42. The molecule has 1 amide bonds. The fourth-order valence-electron chi connectivity index (χ4n) is 1.06. The molecule has 0 unspecified atom stereocenters. The summed E-state index contributed by atoms with van der Waals surface area (Å²) in [5, 5.41) is 3.09. The largest absolute Gasteiger partial charge is 0.376 e. The first-order valence-corrected chi connectivity index (χ1v) is 5.94. The fraction of sp³-hybridized carbons (Fsp3) is 0.364. The van der Waals surface area contributed by atoms with Crippen molar-refractivity contribution in [3.8, 4) is 0 Å². The van der Waals surface area contributed by atoms with E-state index in [1.54, 1.807) is 11.9 Å². The highest BCUT2D eigenvalue weighted by molar-refractivity contribution is 14.1. The van der Waals surface area contributed by atoms with E-state index in [0.29, 0.717) is 6.54 Å². The predicted octanol–water partition coefficient (Wildman–Crippen LogP) is 2.18. The van der Waals surface area contributed by atoms with Crippen molar-refractivity contribution in [1.82, 2.24) is 4.90 Å². The van der Waals surface area contributed by atoms with Crippen LogP contribution in [-0.4, -0.2) is 30.9 Å². The average molecular weight is 318 g/mol. The molecule has 15 heavy (non-hydrogen) atoms. The van der Waals surface area contributed by atoms with Crippen molar-refractivity contribution in [3.63, 3.8) is 0 Å². The molecule has 0 aliphatic rings. The van der Waals surface area contributed by atoms with Crippen LogP contribution >= 0.6 is 22.6 Å². The Labute approximate surface area is 104 Å². The van der Waals surface area contributed by atoms with Gasteiger partial charge in [-0.2, -0.15) is 0 Å². The Bertz CT molecular complexity index is 324. The normalized spacial score (nSPS) is 9.80. The van der Waals surface area contributed by atoms with Gasteiger partial charge >= 0.3 is 0 Å². The highest BCUT2D eigenvalue weighted by Gasteiger charge is 2.05. The molecule has 0 atom stereocenters. The maximum atomic E-state index is 11.5. The molecular formula is C11H15IN2O. The Kier molecular flexibility index (Phi) is 4.87. The van der Waals surface area contributed by atoms with E-state index in [1.165, 1.54) is 3.57 Å². The van der Waals surface area contributed by atoms with Crippen molar-refractivity contribution in [2.45, 2.75) is 6.92 Å². The zero-order valence-corrected chi connectivity index (χ0v) is 11.1. The molecule has 0 bridgehead atoms. The lowest BCUT2D eigenvalue weighted by atomic mass is 10.3. The minimum Gasteiger partial charge on any atom is -0.376 e. The average Bonchev–Trinajstić information content (AvgIpc) is 2.26. The standard InChI is InChI=1S/C11H15IN2O/c1-3-14(2)11(15)8-13-10-6-4-9(12)5-7-10/h4-7,13H,3,8H2,1-2H3. The zero-order valence-electron chi connectivity index (χ0n) is 8.96. The number of hydrogen-bond donors (Lipinski definition) is 1. The Balaban J connectivity index is 2.43. The van der Waals surface area contributed by atoms with Gasteiger partial charge < -0.3 is 10.2 Å². The van der Waals surface area contributed by atoms with Gasteiger partial charge in [-0.1, -0.05) is 0 Å². The Morgan fingerprint density at radius 2 is 2.00 bits per heavy atom. The molecule has 0 aromatic heterocycles. The van der Waals surface area contributed by atoms with Crippen molar-refractivity contribution in [2.75, 3.05) is 25.5 Å². The quantitative estimate of drug-likeness (QED) is 0.863. The van der Waals surface area contributed by atoms with E-state index in [2.05, 4.69) is 27.9 Å². The summed E-state index contributed by atoms with van der Waals surface area (Å²) in [5.41, 5.74) is 0.980. The maximum absolute atomic E-state index is 11.5. The number of nitrogens with one attached hydrogen (secondary N) is 1. The molecule has 0 radical (unpaired) electrons. The second-order valence-corrected chi connectivity index (χ2v) is 4.51. The second kappa shape index (κ2) is 5.95. The monoisotopic (exact) mass is 318 g/mol. The molecular weight excluding hydrogens is 303 g/mol. The summed E-state index contributed by atoms with van der Waals surface area (Å²) in [6.45, 7) is 3.06. The minimum absolute atomic E-state index is 0.107. The number of carbonyl (C=O) groups excluding carboxylic acids is 1. The van der Waals surface area contributed by atoms with Crippen molar-refractivity contribution in [2.24, 2.45) is 0 Å². The van der Waals surface area contributed by atoms with Gasteiger partial charge in [0.05, 0.1) is 6.54 Å². The van der Waals surface area contributed by atoms with E-state index in [-0.39, 0.29) is 5.91 Å². The molecule has 0 heterocycles. The van der Waals surface area contributed by atoms with Crippen molar-refractivity contribution < 1.29 is 4.79 Å². The van der Waals surface area contributed by atoms with Crippen LogP contribution in [0.1, 0.15) is 6.92 Å². The Hall–Kier alpha value is -0.780. The lowest BCUT2D eigenvalue weighted by molar-refractivity contribution is -0.127. The summed E-state index contributed by atoms with van der Waals surface area (Å²) >= 11 is 2.25. The molecule has 0 saturated heterocycles. The predicted molar refractivity (Wildman–Crippen MR) is 71.0 cm³/mol. The van der Waals surface area contributed by atoms with Gasteiger partial charge in [0.15, 0.2) is 0 Å². The lowest BCUT2D eigenvalue weighted by Gasteiger charge is -2.15. The van der Waals surface area contributed by atoms with E-state index >= 15 is 0 Å². The van der Waals surface area contributed by atoms with Crippen LogP contribution in [0.5, 0.6) is 0 Å². The Morgan fingerprint density at radius 3 is 2.53 bits per heavy atom. The van der Waals surface area contributed by atoms with Crippen molar-refractivity contribution in [3.05, 3.63) is 27.8 Å². The smallest absolute Gasteiger partial charge is 0.241 e. The number of rotatable bonds is 4. The molecule has 0 saturated carbocycles. The van der Waals surface area contributed by atoms with Gasteiger partial charge in [0.2, 0.25) is 5.91 Å². The molecule has 4 heteroatoms. The summed E-state index contributed by atoms with van der Waals surface area (Å²) < 4.78 is 1.19. The van der Waals surface area contributed by atoms with Gasteiger partial charge in [-0.05, 0) is 53.8 Å². The van der Waals surface area contributed by atoms with E-state index in [0.717, 1.165) is 12.2 Å². The van der Waals surface area contributed by atoms with Crippen LogP contribution in [0.4, 0.5) is 5.69 Å². The molecule has 1 N–H and O–H groups in total. The molecule has 0 fully saturated rings. The SMILES string of the molecule is CCN(C)C(=O)CNc1ccc(I)cc1. The third kappa shape index (κ3) is 4.07. The van der Waals surface area contributed by atoms with Gasteiger partial charge in [0.1, 0.15) is 0 Å². The van der Waals surface area contributed by atoms with Crippen molar-refractivity contribution in [1.29, 1.82) is 0 Å². The summed E-state index contributed by atoms with van der Waals surface area (Å²) in [5.74, 6) is 0.107. The van der Waals surface area contributed by atoms with E-state index in [4.69, 9.17) is 0 Å². The third-order valence-electron chi connectivity index (χ3n) is 2.19. The van der Waals surface area contributed by atoms with Gasteiger partial charge in [-0.3, -0.25) is 4.79 Å². The number of likely N-dealkylation sites (N-methyl/N-ethyl adjacent to an activating group) is 1. The van der Waals surface area contributed by atoms with Crippen LogP contribution in [0.3, 0.4) is 0 Å². The first-order chi connectivity index (χ1) is 7.13. The number of anilines is 1. The summed E-state index contributed by atoms with van der Waals surface area (Å²) in [4.78, 5) is 13.2. The number of hydrogen-bond acceptors (Lipinski definition) is 2. The number of amides is 1. The first kappa shape index (κ1) is 12.3. The number of benzene rings is 1. The molecule has 0 aliphatic heterocycles. The molecule has 1 aromatic rings. The van der Waals surface area contributed by atoms with E-state index < -0.39 is 0 Å². The number of carbonyl (C=O) groups is 1. The lowest BCUT2D eigenvalue weighted by Crippen LogP contribution is -2.31. The highest BCUT2D eigenvalue weighted by atomic mass is 127. The van der Waals surface area contributed by atoms with Crippen molar-refractivity contribution >= 4 is 34.2 Å². The summed E-state index contributed by atoms with van der Waals surface area (Å²) in [6, 6.07) is 7.97. The van der Waals surface area contributed by atoms with E-state index in [1.807, 2.05) is 31.2 Å².